The molecule has 0 N–H and O–H groups in total. The minimum Gasteiger partial charge on any atom is -0.252 e. The summed E-state index contributed by atoms with van der Waals surface area (Å²) < 4.78 is 14.7. The van der Waals surface area contributed by atoms with E-state index in [1.807, 2.05) is 7.05 Å². The number of hydrogen-bond donors (Lipinski definition) is 0. The molecule has 0 saturated carbocycles. The fourth-order valence-electron chi connectivity index (χ4n) is 1.92. The Bertz CT molecular complexity index is 502. The van der Waals surface area contributed by atoms with E-state index in [-0.39, 0.29) is 5.82 Å². The van der Waals surface area contributed by atoms with Gasteiger partial charge in [0.05, 0.1) is 5.69 Å². The summed E-state index contributed by atoms with van der Waals surface area (Å²) in [6, 6.07) is 6.38. The highest BCUT2D eigenvalue weighted by Crippen LogP contribution is 2.28. The van der Waals surface area contributed by atoms with Crippen LogP contribution in [0.5, 0.6) is 0 Å². The predicted molar refractivity (Wildman–Crippen MR) is 65.1 cm³/mol. The lowest BCUT2D eigenvalue weighted by Gasteiger charge is -2.10. The minimum atomic E-state index is -0.234. The summed E-state index contributed by atoms with van der Waals surface area (Å²) in [6.07, 6.45) is 1.02. The molecule has 0 aliphatic carbocycles. The molecular weight excluding hydrogens is 217 g/mol. The SMILES string of the molecule is CCC(C)c1c(-c2ccc(F)cc2)nnn1C. The Balaban J connectivity index is 2.49. The van der Waals surface area contributed by atoms with Gasteiger partial charge in [-0.25, -0.2) is 4.39 Å². The van der Waals surface area contributed by atoms with Crippen LogP contribution < -0.4 is 0 Å². The van der Waals surface area contributed by atoms with Gasteiger partial charge in [0.15, 0.2) is 0 Å². The summed E-state index contributed by atoms with van der Waals surface area (Å²) in [7, 11) is 1.89. The largest absolute Gasteiger partial charge is 0.252 e. The second-order valence-corrected chi connectivity index (χ2v) is 4.26. The molecule has 1 unspecified atom stereocenters. The summed E-state index contributed by atoms with van der Waals surface area (Å²) in [4.78, 5) is 0. The van der Waals surface area contributed by atoms with Crippen LogP contribution >= 0.6 is 0 Å². The number of aryl methyl sites for hydroxylation is 1. The Kier molecular flexibility index (Phi) is 3.22. The topological polar surface area (TPSA) is 30.7 Å². The van der Waals surface area contributed by atoms with Crippen molar-refractivity contribution in [1.29, 1.82) is 0 Å². The van der Waals surface area contributed by atoms with Gasteiger partial charge in [-0.15, -0.1) is 5.10 Å². The molecule has 1 atom stereocenters. The minimum absolute atomic E-state index is 0.234. The van der Waals surface area contributed by atoms with E-state index >= 15 is 0 Å². The maximum absolute atomic E-state index is 12.9. The van der Waals surface area contributed by atoms with E-state index < -0.39 is 0 Å². The smallest absolute Gasteiger partial charge is 0.123 e. The van der Waals surface area contributed by atoms with Crippen LogP contribution in [0.4, 0.5) is 4.39 Å². The first-order chi connectivity index (χ1) is 8.13. The third-order valence-electron chi connectivity index (χ3n) is 3.07. The number of nitrogens with zero attached hydrogens (tertiary/aromatic N) is 3. The van der Waals surface area contributed by atoms with Crippen molar-refractivity contribution >= 4 is 0 Å². The molecule has 1 aromatic carbocycles. The Morgan fingerprint density at radius 3 is 2.53 bits per heavy atom. The second kappa shape index (κ2) is 4.65. The highest BCUT2D eigenvalue weighted by molar-refractivity contribution is 5.61. The highest BCUT2D eigenvalue weighted by Gasteiger charge is 2.17. The molecule has 0 aliphatic heterocycles. The van der Waals surface area contributed by atoms with Gasteiger partial charge in [-0.2, -0.15) is 0 Å². The quantitative estimate of drug-likeness (QED) is 0.815. The van der Waals surface area contributed by atoms with Crippen LogP contribution in [-0.2, 0) is 7.05 Å². The molecule has 1 heterocycles. The maximum atomic E-state index is 12.9. The first-order valence-electron chi connectivity index (χ1n) is 5.79. The molecule has 2 aromatic rings. The fraction of sp³-hybridized carbons (Fsp3) is 0.385. The van der Waals surface area contributed by atoms with E-state index in [9.17, 15) is 4.39 Å². The first-order valence-corrected chi connectivity index (χ1v) is 5.79. The van der Waals surface area contributed by atoms with Crippen LogP contribution in [0.25, 0.3) is 11.3 Å². The lowest BCUT2D eigenvalue weighted by atomic mass is 9.99. The Labute approximate surface area is 100 Å². The van der Waals surface area contributed by atoms with Crippen molar-refractivity contribution < 1.29 is 4.39 Å². The van der Waals surface area contributed by atoms with Gasteiger partial charge in [0.2, 0.25) is 0 Å². The summed E-state index contributed by atoms with van der Waals surface area (Å²) >= 11 is 0. The van der Waals surface area contributed by atoms with Crippen molar-refractivity contribution in [2.45, 2.75) is 26.2 Å². The Morgan fingerprint density at radius 1 is 1.29 bits per heavy atom. The lowest BCUT2D eigenvalue weighted by molar-refractivity contribution is 0.614. The highest BCUT2D eigenvalue weighted by atomic mass is 19.1. The van der Waals surface area contributed by atoms with Gasteiger partial charge in [0.25, 0.3) is 0 Å². The van der Waals surface area contributed by atoms with Crippen molar-refractivity contribution in [3.8, 4) is 11.3 Å². The summed E-state index contributed by atoms with van der Waals surface area (Å²) in [5.74, 6) is 0.151. The molecular formula is C13H16FN3. The van der Waals surface area contributed by atoms with Crippen molar-refractivity contribution in [2.24, 2.45) is 7.05 Å². The number of aromatic nitrogens is 3. The maximum Gasteiger partial charge on any atom is 0.123 e. The second-order valence-electron chi connectivity index (χ2n) is 4.26. The van der Waals surface area contributed by atoms with Crippen LogP contribution in [0, 0.1) is 5.82 Å². The predicted octanol–water partition coefficient (Wildman–Crippen LogP) is 3.13. The van der Waals surface area contributed by atoms with Gasteiger partial charge in [-0.1, -0.05) is 19.1 Å². The average molecular weight is 233 g/mol. The number of halogens is 1. The van der Waals surface area contributed by atoms with Crippen LogP contribution in [0.1, 0.15) is 31.9 Å². The molecule has 4 heteroatoms. The molecule has 0 spiro atoms. The zero-order valence-corrected chi connectivity index (χ0v) is 10.3. The zero-order chi connectivity index (χ0) is 12.4. The molecule has 17 heavy (non-hydrogen) atoms. The van der Waals surface area contributed by atoms with Gasteiger partial charge >= 0.3 is 0 Å². The Hall–Kier alpha value is -1.71. The van der Waals surface area contributed by atoms with E-state index in [4.69, 9.17) is 0 Å². The molecule has 0 amide bonds. The Morgan fingerprint density at radius 2 is 1.94 bits per heavy atom. The third-order valence-corrected chi connectivity index (χ3v) is 3.07. The van der Waals surface area contributed by atoms with E-state index in [0.717, 1.165) is 23.4 Å². The monoisotopic (exact) mass is 233 g/mol. The van der Waals surface area contributed by atoms with Gasteiger partial charge in [0.1, 0.15) is 11.5 Å². The molecule has 0 fully saturated rings. The molecule has 0 aliphatic rings. The van der Waals surface area contributed by atoms with E-state index in [2.05, 4.69) is 24.2 Å². The lowest BCUT2D eigenvalue weighted by Crippen LogP contribution is -2.03. The molecule has 0 saturated heterocycles. The molecule has 90 valence electrons. The fourth-order valence-corrected chi connectivity index (χ4v) is 1.92. The summed E-state index contributed by atoms with van der Waals surface area (Å²) in [5, 5.41) is 8.23. The van der Waals surface area contributed by atoms with Crippen molar-refractivity contribution in [3.63, 3.8) is 0 Å². The summed E-state index contributed by atoms with van der Waals surface area (Å²) in [5.41, 5.74) is 2.86. The van der Waals surface area contributed by atoms with Crippen LogP contribution in [0.15, 0.2) is 24.3 Å². The van der Waals surface area contributed by atoms with Crippen molar-refractivity contribution in [1.82, 2.24) is 15.0 Å². The van der Waals surface area contributed by atoms with Crippen molar-refractivity contribution in [2.75, 3.05) is 0 Å². The number of rotatable bonds is 3. The summed E-state index contributed by atoms with van der Waals surface area (Å²) in [6.45, 7) is 4.28. The van der Waals surface area contributed by atoms with Gasteiger partial charge in [-0.05, 0) is 30.7 Å². The molecule has 0 radical (unpaired) electrons. The van der Waals surface area contributed by atoms with Gasteiger partial charge in [-0.3, -0.25) is 4.68 Å². The first kappa shape index (κ1) is 11.8. The van der Waals surface area contributed by atoms with Crippen molar-refractivity contribution in [3.05, 3.63) is 35.8 Å². The number of hydrogen-bond acceptors (Lipinski definition) is 2. The zero-order valence-electron chi connectivity index (χ0n) is 10.3. The van der Waals surface area contributed by atoms with Gasteiger partial charge < -0.3 is 0 Å². The molecule has 1 aromatic heterocycles. The standard InChI is InChI=1S/C13H16FN3/c1-4-9(2)13-12(15-16-17(13)3)10-5-7-11(14)8-6-10/h5-9H,4H2,1-3H3. The third kappa shape index (κ3) is 2.20. The number of benzene rings is 1. The van der Waals surface area contributed by atoms with Gasteiger partial charge in [0, 0.05) is 18.5 Å². The van der Waals surface area contributed by atoms with Crippen LogP contribution in [0.3, 0.4) is 0 Å². The molecule has 0 bridgehead atoms. The van der Waals surface area contributed by atoms with E-state index in [0.29, 0.717) is 5.92 Å². The normalized spacial score (nSPS) is 12.7. The molecule has 3 nitrogen and oxygen atoms in total. The van der Waals surface area contributed by atoms with E-state index in [1.54, 1.807) is 16.8 Å². The molecule has 2 rings (SSSR count). The van der Waals surface area contributed by atoms with Crippen LogP contribution in [0.2, 0.25) is 0 Å². The average Bonchev–Trinajstić information content (AvgIpc) is 2.71. The van der Waals surface area contributed by atoms with Crippen LogP contribution in [-0.4, -0.2) is 15.0 Å². The van der Waals surface area contributed by atoms with E-state index in [1.165, 1.54) is 12.1 Å².